The van der Waals surface area contributed by atoms with Crippen molar-refractivity contribution in [3.63, 3.8) is 0 Å². The zero-order valence-corrected chi connectivity index (χ0v) is 10.3. The van der Waals surface area contributed by atoms with Gasteiger partial charge in [-0.25, -0.2) is 9.97 Å². The smallest absolute Gasteiger partial charge is 0.135 e. The minimum atomic E-state index is 0.479. The molecular formula is C12H20N4. The highest BCUT2D eigenvalue weighted by molar-refractivity contribution is 5.38. The van der Waals surface area contributed by atoms with Gasteiger partial charge in [0, 0.05) is 38.3 Å². The van der Waals surface area contributed by atoms with Crippen molar-refractivity contribution in [3.8, 4) is 0 Å². The van der Waals surface area contributed by atoms with Gasteiger partial charge in [0.25, 0.3) is 0 Å². The molecule has 0 bridgehead atoms. The predicted molar refractivity (Wildman–Crippen MR) is 65.9 cm³/mol. The van der Waals surface area contributed by atoms with Crippen molar-refractivity contribution in [2.75, 3.05) is 32.1 Å². The quantitative estimate of drug-likeness (QED) is 0.816. The van der Waals surface area contributed by atoms with E-state index < -0.39 is 0 Å². The van der Waals surface area contributed by atoms with Crippen LogP contribution in [0.2, 0.25) is 0 Å². The molecule has 1 aliphatic heterocycles. The summed E-state index contributed by atoms with van der Waals surface area (Å²) in [5.41, 5.74) is 1.05. The number of rotatable bonds is 2. The summed E-state index contributed by atoms with van der Waals surface area (Å²) in [5, 5.41) is 3.41. The molecule has 88 valence electrons. The largest absolute Gasteiger partial charge is 0.363 e. The van der Waals surface area contributed by atoms with Crippen LogP contribution in [0.1, 0.15) is 30.3 Å². The lowest BCUT2D eigenvalue weighted by atomic mass is 9.99. The molecule has 0 spiro atoms. The van der Waals surface area contributed by atoms with Crippen LogP contribution in [0, 0.1) is 6.92 Å². The summed E-state index contributed by atoms with van der Waals surface area (Å²) >= 11 is 0. The number of aryl methyl sites for hydroxylation is 1. The van der Waals surface area contributed by atoms with Crippen LogP contribution in [0.25, 0.3) is 0 Å². The Morgan fingerprint density at radius 2 is 2.19 bits per heavy atom. The van der Waals surface area contributed by atoms with Gasteiger partial charge in [0.15, 0.2) is 0 Å². The zero-order valence-electron chi connectivity index (χ0n) is 10.3. The Morgan fingerprint density at radius 3 is 2.81 bits per heavy atom. The minimum Gasteiger partial charge on any atom is -0.363 e. The number of nitrogens with zero attached hydrogens (tertiary/aromatic N) is 3. The Bertz CT molecular complexity index is 356. The summed E-state index contributed by atoms with van der Waals surface area (Å²) in [6, 6.07) is 2.03. The van der Waals surface area contributed by atoms with Gasteiger partial charge < -0.3 is 10.2 Å². The molecule has 0 amide bonds. The number of hydrogen-bond acceptors (Lipinski definition) is 4. The van der Waals surface area contributed by atoms with Crippen LogP contribution < -0.4 is 10.2 Å². The summed E-state index contributed by atoms with van der Waals surface area (Å²) in [6.45, 7) is 4.17. The van der Waals surface area contributed by atoms with Crippen molar-refractivity contribution in [1.29, 1.82) is 0 Å². The van der Waals surface area contributed by atoms with E-state index in [2.05, 4.69) is 15.3 Å². The Morgan fingerprint density at radius 1 is 1.38 bits per heavy atom. The second-order valence-electron chi connectivity index (χ2n) is 4.66. The molecule has 2 heterocycles. The third-order valence-corrected chi connectivity index (χ3v) is 2.98. The SMILES string of the molecule is Cc1cc(N(C)C)nc([C@H]2CCCNC2)n1. The fourth-order valence-corrected chi connectivity index (χ4v) is 2.06. The fraction of sp³-hybridized carbons (Fsp3) is 0.667. The molecule has 4 heteroatoms. The first kappa shape index (κ1) is 11.3. The highest BCUT2D eigenvalue weighted by Crippen LogP contribution is 2.22. The van der Waals surface area contributed by atoms with Crippen LogP contribution in [-0.2, 0) is 0 Å². The van der Waals surface area contributed by atoms with E-state index in [1.54, 1.807) is 0 Å². The van der Waals surface area contributed by atoms with Gasteiger partial charge in [0.2, 0.25) is 0 Å². The van der Waals surface area contributed by atoms with Crippen LogP contribution in [0.3, 0.4) is 0 Å². The van der Waals surface area contributed by atoms with Gasteiger partial charge >= 0.3 is 0 Å². The van der Waals surface area contributed by atoms with Gasteiger partial charge in [0.1, 0.15) is 11.6 Å². The van der Waals surface area contributed by atoms with Gasteiger partial charge in [-0.05, 0) is 26.3 Å². The maximum Gasteiger partial charge on any atom is 0.135 e. The molecule has 0 aromatic carbocycles. The molecule has 1 fully saturated rings. The fourth-order valence-electron chi connectivity index (χ4n) is 2.06. The third kappa shape index (κ3) is 2.50. The first-order valence-electron chi connectivity index (χ1n) is 5.90. The van der Waals surface area contributed by atoms with Crippen molar-refractivity contribution in [2.24, 2.45) is 0 Å². The first-order valence-corrected chi connectivity index (χ1v) is 5.90. The second-order valence-corrected chi connectivity index (χ2v) is 4.66. The van der Waals surface area contributed by atoms with Crippen LogP contribution in [0.5, 0.6) is 0 Å². The van der Waals surface area contributed by atoms with Crippen molar-refractivity contribution in [3.05, 3.63) is 17.6 Å². The lowest BCUT2D eigenvalue weighted by Gasteiger charge is -2.23. The molecule has 0 radical (unpaired) electrons. The molecule has 16 heavy (non-hydrogen) atoms. The van der Waals surface area contributed by atoms with E-state index in [1.165, 1.54) is 12.8 Å². The van der Waals surface area contributed by atoms with E-state index in [9.17, 15) is 0 Å². The summed E-state index contributed by atoms with van der Waals surface area (Å²) < 4.78 is 0. The molecule has 1 N–H and O–H groups in total. The van der Waals surface area contributed by atoms with E-state index in [-0.39, 0.29) is 0 Å². The van der Waals surface area contributed by atoms with Gasteiger partial charge in [-0.1, -0.05) is 0 Å². The predicted octanol–water partition coefficient (Wildman–Crippen LogP) is 1.32. The number of aromatic nitrogens is 2. The van der Waals surface area contributed by atoms with Crippen LogP contribution in [-0.4, -0.2) is 37.2 Å². The molecule has 1 aliphatic rings. The Labute approximate surface area is 97.1 Å². The number of anilines is 1. The van der Waals surface area contributed by atoms with Gasteiger partial charge in [0.05, 0.1) is 0 Å². The van der Waals surface area contributed by atoms with Crippen molar-refractivity contribution < 1.29 is 0 Å². The molecule has 1 atom stereocenters. The van der Waals surface area contributed by atoms with Crippen LogP contribution in [0.4, 0.5) is 5.82 Å². The van der Waals surface area contributed by atoms with Crippen molar-refractivity contribution in [2.45, 2.75) is 25.7 Å². The van der Waals surface area contributed by atoms with Crippen LogP contribution in [0.15, 0.2) is 6.07 Å². The molecule has 2 rings (SSSR count). The summed E-state index contributed by atoms with van der Waals surface area (Å²) in [6.07, 6.45) is 2.42. The Balaban J connectivity index is 2.25. The van der Waals surface area contributed by atoms with Gasteiger partial charge in [-0.15, -0.1) is 0 Å². The van der Waals surface area contributed by atoms with E-state index in [0.717, 1.165) is 30.4 Å². The van der Waals surface area contributed by atoms with E-state index in [0.29, 0.717) is 5.92 Å². The Kier molecular flexibility index (Phi) is 3.39. The van der Waals surface area contributed by atoms with E-state index in [4.69, 9.17) is 0 Å². The van der Waals surface area contributed by atoms with Gasteiger partial charge in [-0.3, -0.25) is 0 Å². The maximum absolute atomic E-state index is 4.63. The zero-order chi connectivity index (χ0) is 11.5. The number of piperidine rings is 1. The average molecular weight is 220 g/mol. The standard InChI is InChI=1S/C12H20N4/c1-9-7-11(16(2)3)15-12(14-9)10-5-4-6-13-8-10/h7,10,13H,4-6,8H2,1-3H3/t10-/m0/s1. The molecule has 1 aromatic heterocycles. The molecule has 1 saturated heterocycles. The summed E-state index contributed by atoms with van der Waals surface area (Å²) in [4.78, 5) is 11.2. The van der Waals surface area contributed by atoms with Crippen LogP contribution >= 0.6 is 0 Å². The average Bonchev–Trinajstić information content (AvgIpc) is 2.29. The molecule has 4 nitrogen and oxygen atoms in total. The normalized spacial score (nSPS) is 20.8. The lowest BCUT2D eigenvalue weighted by molar-refractivity contribution is 0.446. The summed E-state index contributed by atoms with van der Waals surface area (Å²) in [5.74, 6) is 2.48. The van der Waals surface area contributed by atoms with Crippen molar-refractivity contribution >= 4 is 5.82 Å². The van der Waals surface area contributed by atoms with E-state index >= 15 is 0 Å². The maximum atomic E-state index is 4.63. The first-order chi connectivity index (χ1) is 7.66. The minimum absolute atomic E-state index is 0.479. The van der Waals surface area contributed by atoms with E-state index in [1.807, 2.05) is 32.0 Å². The second kappa shape index (κ2) is 4.78. The summed E-state index contributed by atoms with van der Waals surface area (Å²) in [7, 11) is 4.04. The van der Waals surface area contributed by atoms with Gasteiger partial charge in [-0.2, -0.15) is 0 Å². The lowest BCUT2D eigenvalue weighted by Crippen LogP contribution is -2.29. The molecular weight excluding hydrogens is 200 g/mol. The molecule has 0 aliphatic carbocycles. The highest BCUT2D eigenvalue weighted by atomic mass is 15.2. The third-order valence-electron chi connectivity index (χ3n) is 2.98. The Hall–Kier alpha value is -1.16. The number of nitrogens with one attached hydrogen (secondary N) is 1. The molecule has 0 saturated carbocycles. The monoisotopic (exact) mass is 220 g/mol. The molecule has 1 aromatic rings. The van der Waals surface area contributed by atoms with Crippen molar-refractivity contribution in [1.82, 2.24) is 15.3 Å². The topological polar surface area (TPSA) is 41.1 Å². The number of hydrogen-bond donors (Lipinski definition) is 1. The highest BCUT2D eigenvalue weighted by Gasteiger charge is 2.18. The molecule has 0 unspecified atom stereocenters.